The Labute approximate surface area is 201 Å². The van der Waals surface area contributed by atoms with E-state index in [2.05, 4.69) is 29.3 Å². The molecule has 0 fully saturated rings. The molecule has 1 amide bonds. The van der Waals surface area contributed by atoms with Gasteiger partial charge in [0, 0.05) is 28.4 Å². The summed E-state index contributed by atoms with van der Waals surface area (Å²) in [6.45, 7) is 6.31. The van der Waals surface area contributed by atoms with Crippen molar-refractivity contribution in [3.63, 3.8) is 0 Å². The Morgan fingerprint density at radius 1 is 1.39 bits per heavy atom. The second kappa shape index (κ2) is 11.1. The van der Waals surface area contributed by atoms with Crippen molar-refractivity contribution in [2.75, 3.05) is 7.05 Å². The van der Waals surface area contributed by atoms with E-state index in [-0.39, 0.29) is 16.0 Å². The molecule has 33 heavy (non-hydrogen) atoms. The fraction of sp³-hybridized carbons (Fsp3) is 0.333. The summed E-state index contributed by atoms with van der Waals surface area (Å²) in [4.78, 5) is 13.7. The molecule has 2 heterocycles. The van der Waals surface area contributed by atoms with Crippen molar-refractivity contribution in [1.29, 1.82) is 0 Å². The number of aromatic nitrogens is 2. The van der Waals surface area contributed by atoms with Crippen LogP contribution >= 0.6 is 22.9 Å². The van der Waals surface area contributed by atoms with Gasteiger partial charge in [0.05, 0.1) is 6.54 Å². The molecule has 2 aromatic heterocycles. The number of carbonyl (C=O) groups is 1. The van der Waals surface area contributed by atoms with Gasteiger partial charge >= 0.3 is 6.09 Å². The van der Waals surface area contributed by atoms with Crippen molar-refractivity contribution in [2.24, 2.45) is 11.7 Å². The Kier molecular flexibility index (Phi) is 9.01. The fourth-order valence-corrected chi connectivity index (χ4v) is 6.31. The molecule has 0 aliphatic rings. The second-order valence-corrected chi connectivity index (χ2v) is 11.1. The average molecular weight is 517 g/mol. The zero-order valence-corrected chi connectivity index (χ0v) is 21.0. The highest BCUT2D eigenvalue weighted by molar-refractivity contribution is 7.91. The summed E-state index contributed by atoms with van der Waals surface area (Å²) < 4.78 is 44.4. The zero-order valence-electron chi connectivity index (χ0n) is 18.6. The summed E-state index contributed by atoms with van der Waals surface area (Å²) in [6, 6.07) is 4.81. The number of nitrogens with one attached hydrogen (secondary N) is 1. The topological polar surface area (TPSA) is 127 Å². The molecule has 8 nitrogen and oxygen atoms in total. The molecule has 0 atom stereocenters. The third kappa shape index (κ3) is 6.76. The van der Waals surface area contributed by atoms with E-state index in [0.717, 1.165) is 16.9 Å². The van der Waals surface area contributed by atoms with Crippen LogP contribution in [0.2, 0.25) is 5.28 Å². The fourth-order valence-electron chi connectivity index (χ4n) is 3.16. The maximum absolute atomic E-state index is 14.9. The SMILES string of the molecule is CNS(=O)(=O)c1sc(CC(C)C)c(C)c1-c1ccc(Cn2ccnc2Cl)c(F)c1.NC(=O)O. The first-order valence-electron chi connectivity index (χ1n) is 9.87. The average Bonchev–Trinajstić information content (AvgIpc) is 3.26. The lowest BCUT2D eigenvalue weighted by Crippen LogP contribution is -2.18. The summed E-state index contributed by atoms with van der Waals surface area (Å²) in [6.07, 6.45) is 2.66. The number of hydrogen-bond donors (Lipinski definition) is 3. The predicted octanol–water partition coefficient (Wildman–Crippen LogP) is 4.49. The van der Waals surface area contributed by atoms with E-state index in [4.69, 9.17) is 21.5 Å². The molecule has 3 aromatic rings. The van der Waals surface area contributed by atoms with Crippen LogP contribution in [0.3, 0.4) is 0 Å². The van der Waals surface area contributed by atoms with Crippen LogP contribution in [0, 0.1) is 18.7 Å². The number of amides is 1. The first kappa shape index (κ1) is 26.8. The Morgan fingerprint density at radius 3 is 2.52 bits per heavy atom. The van der Waals surface area contributed by atoms with Crippen LogP contribution in [0.4, 0.5) is 9.18 Å². The molecule has 4 N–H and O–H groups in total. The van der Waals surface area contributed by atoms with Gasteiger partial charge in [-0.1, -0.05) is 26.0 Å². The summed E-state index contributed by atoms with van der Waals surface area (Å²) in [5.41, 5.74) is 6.45. The first-order valence-corrected chi connectivity index (χ1v) is 12.5. The van der Waals surface area contributed by atoms with Crippen LogP contribution in [0.5, 0.6) is 0 Å². The van der Waals surface area contributed by atoms with E-state index in [0.29, 0.717) is 22.6 Å². The molecule has 0 unspecified atom stereocenters. The highest BCUT2D eigenvalue weighted by Gasteiger charge is 2.26. The van der Waals surface area contributed by atoms with E-state index >= 15 is 0 Å². The predicted molar refractivity (Wildman–Crippen MR) is 128 cm³/mol. The van der Waals surface area contributed by atoms with Crippen molar-refractivity contribution in [1.82, 2.24) is 14.3 Å². The lowest BCUT2D eigenvalue weighted by Gasteiger charge is -2.10. The van der Waals surface area contributed by atoms with Crippen molar-refractivity contribution >= 4 is 39.1 Å². The molecule has 0 radical (unpaired) electrons. The monoisotopic (exact) mass is 516 g/mol. The molecule has 0 saturated heterocycles. The van der Waals surface area contributed by atoms with E-state index in [1.165, 1.54) is 24.5 Å². The highest BCUT2D eigenvalue weighted by atomic mass is 35.5. The lowest BCUT2D eigenvalue weighted by molar-refractivity contribution is 0.205. The van der Waals surface area contributed by atoms with Gasteiger partial charge in [-0.05, 0) is 55.1 Å². The van der Waals surface area contributed by atoms with Crippen molar-refractivity contribution < 1.29 is 22.7 Å². The number of imidazole rings is 1. The molecule has 0 aliphatic carbocycles. The molecule has 12 heteroatoms. The van der Waals surface area contributed by atoms with E-state index in [1.807, 2.05) is 6.92 Å². The smallest absolute Gasteiger partial charge is 0.402 e. The van der Waals surface area contributed by atoms with Crippen LogP contribution in [-0.2, 0) is 23.0 Å². The quantitative estimate of drug-likeness (QED) is 0.426. The number of nitrogens with two attached hydrogens (primary N) is 1. The molecule has 0 bridgehead atoms. The van der Waals surface area contributed by atoms with Gasteiger partial charge in [-0.2, -0.15) is 0 Å². The minimum absolute atomic E-state index is 0.220. The number of primary amides is 1. The maximum atomic E-state index is 14.9. The minimum atomic E-state index is -3.67. The van der Waals surface area contributed by atoms with Crippen molar-refractivity contribution in [2.45, 2.75) is 37.9 Å². The van der Waals surface area contributed by atoms with Crippen LogP contribution in [0.25, 0.3) is 11.1 Å². The molecular weight excluding hydrogens is 491 g/mol. The molecular formula is C21H26ClFN4O4S2. The molecule has 0 spiro atoms. The van der Waals surface area contributed by atoms with Gasteiger partial charge in [0.2, 0.25) is 15.3 Å². The second-order valence-electron chi connectivity index (χ2n) is 7.59. The first-order chi connectivity index (χ1) is 15.4. The number of rotatable bonds is 7. The number of benzene rings is 1. The molecule has 0 saturated carbocycles. The molecule has 180 valence electrons. The van der Waals surface area contributed by atoms with Gasteiger partial charge in [-0.3, -0.25) is 0 Å². The summed E-state index contributed by atoms with van der Waals surface area (Å²) in [7, 11) is -2.28. The zero-order chi connectivity index (χ0) is 24.9. The number of halogens is 2. The van der Waals surface area contributed by atoms with E-state index in [9.17, 15) is 12.8 Å². The van der Waals surface area contributed by atoms with Crippen LogP contribution < -0.4 is 10.5 Å². The maximum Gasteiger partial charge on any atom is 0.402 e. The third-order valence-electron chi connectivity index (χ3n) is 4.67. The van der Waals surface area contributed by atoms with Crippen LogP contribution in [-0.4, -0.2) is 36.2 Å². The number of thiophene rings is 1. The van der Waals surface area contributed by atoms with Crippen molar-refractivity contribution in [3.05, 3.63) is 57.7 Å². The number of carboxylic acid groups (broad SMARTS) is 1. The van der Waals surface area contributed by atoms with E-state index in [1.54, 1.807) is 29.1 Å². The Balaban J connectivity index is 0.000000890. The number of nitrogens with zero attached hydrogens (tertiary/aromatic N) is 2. The number of sulfonamides is 1. The largest absolute Gasteiger partial charge is 0.465 e. The van der Waals surface area contributed by atoms with Gasteiger partial charge < -0.3 is 15.4 Å². The minimum Gasteiger partial charge on any atom is -0.465 e. The van der Waals surface area contributed by atoms with Crippen molar-refractivity contribution in [3.8, 4) is 11.1 Å². The normalized spacial score (nSPS) is 11.4. The van der Waals surface area contributed by atoms with E-state index < -0.39 is 21.9 Å². The van der Waals surface area contributed by atoms with Gasteiger partial charge in [0.15, 0.2) is 0 Å². The molecule has 1 aromatic carbocycles. The lowest BCUT2D eigenvalue weighted by atomic mass is 9.99. The molecule has 0 aliphatic heterocycles. The number of hydrogen-bond acceptors (Lipinski definition) is 5. The van der Waals surface area contributed by atoms with Gasteiger partial charge in [-0.25, -0.2) is 27.3 Å². The van der Waals surface area contributed by atoms with Gasteiger partial charge in [0.1, 0.15) is 10.0 Å². The highest BCUT2D eigenvalue weighted by Crippen LogP contribution is 2.40. The third-order valence-corrected chi connectivity index (χ3v) is 8.23. The van der Waals surface area contributed by atoms with Crippen LogP contribution in [0.15, 0.2) is 34.8 Å². The van der Waals surface area contributed by atoms with Gasteiger partial charge in [0.25, 0.3) is 0 Å². The summed E-state index contributed by atoms with van der Waals surface area (Å²) in [5, 5.41) is 7.47. The van der Waals surface area contributed by atoms with Gasteiger partial charge in [-0.15, -0.1) is 11.3 Å². The Bertz CT molecular complexity index is 1240. The van der Waals surface area contributed by atoms with Crippen LogP contribution in [0.1, 0.15) is 29.9 Å². The molecule has 3 rings (SSSR count). The standard InChI is InChI=1S/C20H23ClFN3O2S2.CH3NO2/c1-12(2)9-17-13(3)18(19(28-17)29(26,27)23-4)14-5-6-15(16(22)10-14)11-25-8-7-24-20(25)21;2-1(3)4/h5-8,10,12,23H,9,11H2,1-4H3;2H2,(H,3,4). The summed E-state index contributed by atoms with van der Waals surface area (Å²) >= 11 is 7.23. The Hall–Kier alpha value is -2.47. The Morgan fingerprint density at radius 2 is 2.03 bits per heavy atom. The summed E-state index contributed by atoms with van der Waals surface area (Å²) in [5.74, 6) is -0.0412.